The van der Waals surface area contributed by atoms with Crippen LogP contribution < -0.4 is 0 Å². The second-order valence-electron chi connectivity index (χ2n) is 2.20. The molecule has 2 heterocycles. The van der Waals surface area contributed by atoms with E-state index in [1.807, 2.05) is 0 Å². The molecule has 2 fully saturated rings. The summed E-state index contributed by atoms with van der Waals surface area (Å²) in [6.07, 6.45) is 0.157. The molecule has 5 heteroatoms. The Morgan fingerprint density at radius 2 is 1.90 bits per heavy atom. The summed E-state index contributed by atoms with van der Waals surface area (Å²) in [5.74, 6) is 0.120. The summed E-state index contributed by atoms with van der Waals surface area (Å²) < 4.78 is 0. The number of nitrogens with zero attached hydrogens (tertiary/aromatic N) is 1. The highest BCUT2D eigenvalue weighted by Gasteiger charge is 2.50. The van der Waals surface area contributed by atoms with Crippen LogP contribution >= 0.6 is 24.8 Å². The van der Waals surface area contributed by atoms with Gasteiger partial charge in [-0.25, -0.2) is 0 Å². The lowest BCUT2D eigenvalue weighted by Crippen LogP contribution is -2.05. The van der Waals surface area contributed by atoms with E-state index in [0.717, 1.165) is 0 Å². The van der Waals surface area contributed by atoms with Crippen LogP contribution in [-0.4, -0.2) is 29.2 Å². The second kappa shape index (κ2) is 2.76. The van der Waals surface area contributed by atoms with Gasteiger partial charge in [0, 0.05) is 6.54 Å². The monoisotopic (exact) mass is 183 g/mol. The van der Waals surface area contributed by atoms with E-state index in [1.54, 1.807) is 4.90 Å². The Labute approximate surface area is 70.6 Å². The Morgan fingerprint density at radius 3 is 2.00 bits per heavy atom. The molecule has 0 aromatic carbocycles. The maximum atomic E-state index is 10.6. The molecule has 2 saturated heterocycles. The van der Waals surface area contributed by atoms with E-state index >= 15 is 0 Å². The van der Waals surface area contributed by atoms with Crippen LogP contribution in [0.3, 0.4) is 0 Å². The van der Waals surface area contributed by atoms with Gasteiger partial charge in [-0.15, -0.1) is 24.8 Å². The van der Waals surface area contributed by atoms with Crippen molar-refractivity contribution in [1.82, 2.24) is 4.90 Å². The first-order chi connectivity index (χ1) is 3.79. The molecule has 0 bridgehead atoms. The summed E-state index contributed by atoms with van der Waals surface area (Å²) in [6.45, 7) is 0.692. The minimum Gasteiger partial charge on any atom is -0.328 e. The Morgan fingerprint density at radius 1 is 1.30 bits per heavy atom. The number of hydrogen-bond acceptors (Lipinski definition) is 2. The Hall–Kier alpha value is -0.280. The van der Waals surface area contributed by atoms with Crippen molar-refractivity contribution in [2.75, 3.05) is 6.54 Å². The Bertz CT molecular complexity index is 164. The summed E-state index contributed by atoms with van der Waals surface area (Å²) in [5, 5.41) is 0. The largest absolute Gasteiger partial charge is 0.328 e. The van der Waals surface area contributed by atoms with E-state index in [2.05, 4.69) is 0 Å². The van der Waals surface area contributed by atoms with Gasteiger partial charge in [0.2, 0.25) is 5.91 Å². The highest BCUT2D eigenvalue weighted by atomic mass is 35.5. The van der Waals surface area contributed by atoms with Crippen LogP contribution in [0, 0.1) is 0 Å². The Kier molecular flexibility index (Phi) is 2.68. The minimum absolute atomic E-state index is 0. The molecule has 0 N–H and O–H groups in total. The number of carbonyl (C=O) groups excluding carboxylic acids is 2. The van der Waals surface area contributed by atoms with Gasteiger partial charge in [0.05, 0.1) is 6.42 Å². The van der Waals surface area contributed by atoms with Gasteiger partial charge in [-0.1, -0.05) is 0 Å². The highest BCUT2D eigenvalue weighted by molar-refractivity contribution is 6.11. The number of rotatable bonds is 0. The van der Waals surface area contributed by atoms with E-state index in [1.165, 1.54) is 0 Å². The number of carbonyl (C=O) groups is 2. The molecule has 0 spiro atoms. The van der Waals surface area contributed by atoms with Crippen LogP contribution in [0.4, 0.5) is 0 Å². The molecule has 0 aromatic rings. The summed E-state index contributed by atoms with van der Waals surface area (Å²) in [7, 11) is 0. The molecule has 1 unspecified atom stereocenters. The molecule has 2 aliphatic heterocycles. The van der Waals surface area contributed by atoms with E-state index in [-0.39, 0.29) is 49.0 Å². The zero-order valence-corrected chi connectivity index (χ0v) is 6.70. The molecule has 2 rings (SSSR count). The molecular weight excluding hydrogens is 177 g/mol. The number of piperidine rings is 1. The normalized spacial score (nSPS) is 26.8. The zero-order chi connectivity index (χ0) is 5.72. The molecule has 0 aromatic heterocycles. The second-order valence-corrected chi connectivity index (χ2v) is 2.20. The van der Waals surface area contributed by atoms with E-state index in [4.69, 9.17) is 0 Å². The standard InChI is InChI=1S/C5H5NO2.2ClH/c7-4-1-5(8)6-2-3(4)6;;/h3H,1-2H2;2*1H. The quantitative estimate of drug-likeness (QED) is 0.393. The number of hydrogen-bond donors (Lipinski definition) is 0. The van der Waals surface area contributed by atoms with Gasteiger partial charge in [0.25, 0.3) is 0 Å². The molecular formula is C5H7Cl2NO2. The van der Waals surface area contributed by atoms with Gasteiger partial charge < -0.3 is 4.90 Å². The summed E-state index contributed by atoms with van der Waals surface area (Å²) >= 11 is 0. The lowest BCUT2D eigenvalue weighted by atomic mass is 10.2. The third-order valence-corrected chi connectivity index (χ3v) is 1.63. The highest BCUT2D eigenvalue weighted by Crippen LogP contribution is 2.27. The first-order valence-corrected chi connectivity index (χ1v) is 2.61. The van der Waals surface area contributed by atoms with Crippen LogP contribution in [0.1, 0.15) is 6.42 Å². The molecule has 0 radical (unpaired) electrons. The van der Waals surface area contributed by atoms with Crippen molar-refractivity contribution in [1.29, 1.82) is 0 Å². The van der Waals surface area contributed by atoms with Crippen molar-refractivity contribution in [3.05, 3.63) is 0 Å². The van der Waals surface area contributed by atoms with Crippen molar-refractivity contribution in [3.8, 4) is 0 Å². The lowest BCUT2D eigenvalue weighted by molar-refractivity contribution is -0.126. The number of halogens is 2. The molecule has 10 heavy (non-hydrogen) atoms. The topological polar surface area (TPSA) is 37.1 Å². The molecule has 3 nitrogen and oxygen atoms in total. The first kappa shape index (κ1) is 9.72. The van der Waals surface area contributed by atoms with Crippen molar-refractivity contribution >= 4 is 36.5 Å². The number of Topliss-reactive ketones (excluding diaryl/α,β-unsaturated/α-hetero) is 1. The van der Waals surface area contributed by atoms with Gasteiger partial charge >= 0.3 is 0 Å². The fourth-order valence-electron chi connectivity index (χ4n) is 1.06. The smallest absolute Gasteiger partial charge is 0.230 e. The maximum Gasteiger partial charge on any atom is 0.230 e. The van der Waals surface area contributed by atoms with Crippen LogP contribution in [0.5, 0.6) is 0 Å². The molecule has 58 valence electrons. The predicted molar refractivity (Wildman–Crippen MR) is 39.6 cm³/mol. The molecule has 1 amide bonds. The molecule has 0 saturated carbocycles. The summed E-state index contributed by atoms with van der Waals surface area (Å²) in [6, 6.07) is 0.00231. The molecule has 1 atom stereocenters. The van der Waals surface area contributed by atoms with Crippen LogP contribution in [0.25, 0.3) is 0 Å². The number of fused-ring (bicyclic) bond motifs is 1. The van der Waals surface area contributed by atoms with E-state index in [0.29, 0.717) is 6.54 Å². The summed E-state index contributed by atoms with van der Waals surface area (Å²) in [5.41, 5.74) is 0. The summed E-state index contributed by atoms with van der Waals surface area (Å²) in [4.78, 5) is 22.7. The van der Waals surface area contributed by atoms with Crippen molar-refractivity contribution in [2.45, 2.75) is 12.5 Å². The zero-order valence-electron chi connectivity index (χ0n) is 5.07. The van der Waals surface area contributed by atoms with Gasteiger partial charge in [-0.2, -0.15) is 0 Å². The maximum absolute atomic E-state index is 10.6. The number of amides is 1. The third kappa shape index (κ3) is 1.11. The average Bonchev–Trinajstić information content (AvgIpc) is 2.35. The SMILES string of the molecule is Cl.Cl.O=C1CC(=O)N2CC12. The van der Waals surface area contributed by atoms with E-state index < -0.39 is 0 Å². The molecule has 0 aliphatic carbocycles. The average molecular weight is 184 g/mol. The Balaban J connectivity index is 0.000000405. The van der Waals surface area contributed by atoms with Crippen molar-refractivity contribution < 1.29 is 9.59 Å². The van der Waals surface area contributed by atoms with Gasteiger partial charge in [-0.3, -0.25) is 9.59 Å². The van der Waals surface area contributed by atoms with Crippen molar-refractivity contribution in [3.63, 3.8) is 0 Å². The van der Waals surface area contributed by atoms with Gasteiger partial charge in [0.15, 0.2) is 5.78 Å². The van der Waals surface area contributed by atoms with E-state index in [9.17, 15) is 9.59 Å². The fourth-order valence-corrected chi connectivity index (χ4v) is 1.06. The lowest BCUT2D eigenvalue weighted by Gasteiger charge is -1.85. The fraction of sp³-hybridized carbons (Fsp3) is 0.600. The van der Waals surface area contributed by atoms with Crippen LogP contribution in [-0.2, 0) is 9.59 Å². The third-order valence-electron chi connectivity index (χ3n) is 1.63. The van der Waals surface area contributed by atoms with Gasteiger partial charge in [0.1, 0.15) is 6.04 Å². The minimum atomic E-state index is 0. The van der Waals surface area contributed by atoms with Gasteiger partial charge in [-0.05, 0) is 0 Å². The molecule has 2 aliphatic rings. The first-order valence-electron chi connectivity index (χ1n) is 2.61. The predicted octanol–water partition coefficient (Wildman–Crippen LogP) is 0.0136. The van der Waals surface area contributed by atoms with Crippen molar-refractivity contribution in [2.24, 2.45) is 0 Å². The van der Waals surface area contributed by atoms with Crippen LogP contribution in [0.2, 0.25) is 0 Å². The van der Waals surface area contributed by atoms with Crippen LogP contribution in [0.15, 0.2) is 0 Å². The number of ketones is 1.